The van der Waals surface area contributed by atoms with Crippen molar-refractivity contribution in [3.05, 3.63) is 18.0 Å². The monoisotopic (exact) mass is 435 g/mol. The van der Waals surface area contributed by atoms with Gasteiger partial charge in [0.15, 0.2) is 0 Å². The summed E-state index contributed by atoms with van der Waals surface area (Å²) in [5, 5.41) is 24.8. The van der Waals surface area contributed by atoms with Crippen molar-refractivity contribution in [1.29, 1.82) is 5.26 Å². The van der Waals surface area contributed by atoms with Gasteiger partial charge in [0.1, 0.15) is 6.07 Å². The number of rotatable bonds is 4. The first-order chi connectivity index (χ1) is 15.4. The fourth-order valence-corrected chi connectivity index (χ4v) is 9.82. The SMILES string of the molecule is C[C@H](Cn1cc(C#N)cn1)[C@H]1CC[C@H]2[C@@H]3CC[C@@H]4C[C@@](O)(C5CC5)CC[C@@H]4[C@H]3CC[C@]12C. The molecule has 0 radical (unpaired) electrons. The van der Waals surface area contributed by atoms with Crippen molar-refractivity contribution in [3.63, 3.8) is 0 Å². The zero-order valence-corrected chi connectivity index (χ0v) is 20.0. The van der Waals surface area contributed by atoms with Gasteiger partial charge in [-0.3, -0.25) is 4.68 Å². The second-order valence-electron chi connectivity index (χ2n) is 12.8. The first kappa shape index (κ1) is 21.2. The Hall–Kier alpha value is -1.34. The van der Waals surface area contributed by atoms with Gasteiger partial charge < -0.3 is 5.11 Å². The molecule has 0 amide bonds. The Balaban J connectivity index is 1.15. The van der Waals surface area contributed by atoms with Crippen molar-refractivity contribution in [3.8, 4) is 6.07 Å². The molecule has 0 bridgehead atoms. The van der Waals surface area contributed by atoms with E-state index in [1.807, 2.05) is 10.9 Å². The molecule has 6 rings (SSSR count). The topological polar surface area (TPSA) is 61.8 Å². The number of nitriles is 1. The molecule has 5 aliphatic rings. The number of aromatic nitrogens is 2. The summed E-state index contributed by atoms with van der Waals surface area (Å²) in [4.78, 5) is 0. The number of fused-ring (bicyclic) bond motifs is 5. The summed E-state index contributed by atoms with van der Waals surface area (Å²) in [5.74, 6) is 6.44. The summed E-state index contributed by atoms with van der Waals surface area (Å²) in [6.07, 6.45) is 18.0. The molecule has 0 aromatic carbocycles. The highest BCUT2D eigenvalue weighted by atomic mass is 16.3. The zero-order valence-electron chi connectivity index (χ0n) is 20.0. The van der Waals surface area contributed by atoms with E-state index in [2.05, 4.69) is 25.0 Å². The van der Waals surface area contributed by atoms with E-state index in [1.54, 1.807) is 6.20 Å². The van der Waals surface area contributed by atoms with E-state index < -0.39 is 0 Å². The average molecular weight is 436 g/mol. The zero-order chi connectivity index (χ0) is 22.1. The van der Waals surface area contributed by atoms with Crippen LogP contribution < -0.4 is 0 Å². The van der Waals surface area contributed by atoms with Crippen LogP contribution in [0.4, 0.5) is 0 Å². The highest BCUT2D eigenvalue weighted by molar-refractivity contribution is 5.21. The van der Waals surface area contributed by atoms with Crippen LogP contribution in [0.25, 0.3) is 0 Å². The summed E-state index contributed by atoms with van der Waals surface area (Å²) in [5.41, 5.74) is 0.844. The lowest BCUT2D eigenvalue weighted by molar-refractivity contribution is -0.115. The van der Waals surface area contributed by atoms with E-state index in [4.69, 9.17) is 5.26 Å². The van der Waals surface area contributed by atoms with Gasteiger partial charge in [0.25, 0.3) is 0 Å². The predicted molar refractivity (Wildman–Crippen MR) is 124 cm³/mol. The Bertz CT molecular complexity index is 899. The standard InChI is InChI=1S/C28H41N3O/c1-18(16-31-17-19(14-29)15-30-31)25-7-8-26-24-6-3-20-13-28(32,21-4-5-21)12-10-22(20)23(24)9-11-27(25,26)2/h15,17-18,20-26,32H,3-13,16H2,1-2H3/t18-,20-,22+,23-,24-,25-,26+,27-,28-/m1/s1. The molecule has 0 unspecified atom stereocenters. The summed E-state index contributed by atoms with van der Waals surface area (Å²) < 4.78 is 2.00. The van der Waals surface area contributed by atoms with Crippen LogP contribution in [0.1, 0.15) is 90.0 Å². The molecule has 0 saturated heterocycles. The number of nitrogens with zero attached hydrogens (tertiary/aromatic N) is 3. The molecule has 5 fully saturated rings. The van der Waals surface area contributed by atoms with Gasteiger partial charge in [0.05, 0.1) is 17.4 Å². The van der Waals surface area contributed by atoms with Crippen LogP contribution in [0.3, 0.4) is 0 Å². The Morgan fingerprint density at radius 1 is 1.09 bits per heavy atom. The summed E-state index contributed by atoms with van der Waals surface area (Å²) in [6.45, 7) is 5.99. The quantitative estimate of drug-likeness (QED) is 0.650. The van der Waals surface area contributed by atoms with Gasteiger partial charge in [-0.1, -0.05) is 13.8 Å². The molecule has 1 aromatic rings. The molecule has 1 heterocycles. The van der Waals surface area contributed by atoms with Crippen molar-refractivity contribution >= 4 is 0 Å². The third kappa shape index (κ3) is 3.29. The minimum absolute atomic E-state index is 0.303. The molecule has 9 atom stereocenters. The lowest BCUT2D eigenvalue weighted by Gasteiger charge is -2.57. The maximum atomic E-state index is 11.2. The molecule has 4 nitrogen and oxygen atoms in total. The van der Waals surface area contributed by atoms with Crippen LogP contribution in [-0.2, 0) is 6.54 Å². The summed E-state index contributed by atoms with van der Waals surface area (Å²) in [7, 11) is 0. The van der Waals surface area contributed by atoms with Crippen LogP contribution in [0.5, 0.6) is 0 Å². The Morgan fingerprint density at radius 2 is 1.91 bits per heavy atom. The fourth-order valence-electron chi connectivity index (χ4n) is 9.82. The molecule has 174 valence electrons. The first-order valence-corrected chi connectivity index (χ1v) is 13.6. The number of hydrogen-bond donors (Lipinski definition) is 1. The molecule has 0 spiro atoms. The second-order valence-corrected chi connectivity index (χ2v) is 12.8. The fraction of sp³-hybridized carbons (Fsp3) is 0.857. The molecule has 0 aliphatic heterocycles. The molecular formula is C28H41N3O. The third-order valence-corrected chi connectivity index (χ3v) is 11.4. The van der Waals surface area contributed by atoms with Crippen LogP contribution in [-0.4, -0.2) is 20.5 Å². The van der Waals surface area contributed by atoms with Gasteiger partial charge in [-0.2, -0.15) is 10.4 Å². The highest BCUT2D eigenvalue weighted by Crippen LogP contribution is 2.66. The van der Waals surface area contributed by atoms with E-state index in [1.165, 1.54) is 57.8 Å². The normalized spacial score (nSPS) is 46.6. The minimum atomic E-state index is -0.303. The van der Waals surface area contributed by atoms with Crippen molar-refractivity contribution in [2.75, 3.05) is 0 Å². The van der Waals surface area contributed by atoms with Gasteiger partial charge in [0.2, 0.25) is 0 Å². The smallest absolute Gasteiger partial charge is 0.102 e. The van der Waals surface area contributed by atoms with Crippen LogP contribution in [0.2, 0.25) is 0 Å². The van der Waals surface area contributed by atoms with Gasteiger partial charge in [-0.25, -0.2) is 0 Å². The van der Waals surface area contributed by atoms with Crippen molar-refractivity contribution in [2.24, 2.45) is 52.8 Å². The van der Waals surface area contributed by atoms with Crippen molar-refractivity contribution in [2.45, 2.75) is 96.6 Å². The molecule has 4 heteroatoms. The average Bonchev–Trinajstić information content (AvgIpc) is 3.46. The molecule has 5 saturated carbocycles. The second kappa shape index (κ2) is 7.59. The van der Waals surface area contributed by atoms with Gasteiger partial charge in [-0.05, 0) is 123 Å². The van der Waals surface area contributed by atoms with Crippen molar-refractivity contribution < 1.29 is 5.11 Å². The predicted octanol–water partition coefficient (Wildman–Crippen LogP) is 5.80. The molecule has 1 aromatic heterocycles. The van der Waals surface area contributed by atoms with E-state index >= 15 is 0 Å². The lowest BCUT2D eigenvalue weighted by atomic mass is 9.48. The molecule has 1 N–H and O–H groups in total. The lowest BCUT2D eigenvalue weighted by Crippen LogP contribution is -2.51. The minimum Gasteiger partial charge on any atom is -0.390 e. The first-order valence-electron chi connectivity index (χ1n) is 13.6. The highest BCUT2D eigenvalue weighted by Gasteiger charge is 2.59. The molecule has 5 aliphatic carbocycles. The third-order valence-electron chi connectivity index (χ3n) is 11.4. The Morgan fingerprint density at radius 3 is 2.66 bits per heavy atom. The largest absolute Gasteiger partial charge is 0.390 e. The van der Waals surface area contributed by atoms with E-state index in [0.29, 0.717) is 22.8 Å². The van der Waals surface area contributed by atoms with Crippen LogP contribution in [0, 0.1) is 64.1 Å². The molecular weight excluding hydrogens is 394 g/mol. The van der Waals surface area contributed by atoms with Gasteiger partial charge >= 0.3 is 0 Å². The van der Waals surface area contributed by atoms with E-state index in [9.17, 15) is 5.11 Å². The maximum absolute atomic E-state index is 11.2. The Kier molecular flexibility index (Phi) is 5.03. The van der Waals surface area contributed by atoms with Gasteiger partial charge in [-0.15, -0.1) is 0 Å². The van der Waals surface area contributed by atoms with Gasteiger partial charge in [0, 0.05) is 12.7 Å². The Labute approximate surface area is 193 Å². The molecule has 32 heavy (non-hydrogen) atoms. The van der Waals surface area contributed by atoms with Crippen LogP contribution >= 0.6 is 0 Å². The number of aliphatic hydroxyl groups is 1. The summed E-state index contributed by atoms with van der Waals surface area (Å²) in [6, 6.07) is 2.21. The van der Waals surface area contributed by atoms with Crippen molar-refractivity contribution in [1.82, 2.24) is 9.78 Å². The van der Waals surface area contributed by atoms with Crippen LogP contribution in [0.15, 0.2) is 12.4 Å². The summed E-state index contributed by atoms with van der Waals surface area (Å²) >= 11 is 0. The van der Waals surface area contributed by atoms with E-state index in [0.717, 1.165) is 54.9 Å². The maximum Gasteiger partial charge on any atom is 0.102 e. The number of hydrogen-bond acceptors (Lipinski definition) is 3. The van der Waals surface area contributed by atoms with E-state index in [-0.39, 0.29) is 5.60 Å².